The summed E-state index contributed by atoms with van der Waals surface area (Å²) in [5, 5.41) is 0. The van der Waals surface area contributed by atoms with E-state index in [1.54, 1.807) is 35.6 Å². The molecule has 112 valence electrons. The van der Waals surface area contributed by atoms with E-state index in [1.165, 1.54) is 12.8 Å². The van der Waals surface area contributed by atoms with Crippen LogP contribution in [0.3, 0.4) is 0 Å². The topological polar surface area (TPSA) is 75.4 Å². The van der Waals surface area contributed by atoms with Crippen molar-refractivity contribution in [3.8, 4) is 0 Å². The average Bonchev–Trinajstić information content (AvgIpc) is 2.75. The molecule has 0 unspecified atom stereocenters. The van der Waals surface area contributed by atoms with Gasteiger partial charge in [-0.15, -0.1) is 0 Å². The highest BCUT2D eigenvalue weighted by molar-refractivity contribution is 7.89. The zero-order chi connectivity index (χ0) is 14.6. The Balaban J connectivity index is 2.18. The molecule has 1 aliphatic rings. The lowest BCUT2D eigenvalue weighted by atomic mass is 10.1. The van der Waals surface area contributed by atoms with Crippen molar-refractivity contribution in [1.29, 1.82) is 0 Å². The quantitative estimate of drug-likeness (QED) is 0.508. The number of hydrogen-bond acceptors (Lipinski definition) is 4. The van der Waals surface area contributed by atoms with E-state index >= 15 is 0 Å². The van der Waals surface area contributed by atoms with Crippen molar-refractivity contribution < 1.29 is 8.42 Å². The smallest absolute Gasteiger partial charge is 0.243 e. The van der Waals surface area contributed by atoms with Crippen molar-refractivity contribution in [2.24, 2.45) is 5.84 Å². The van der Waals surface area contributed by atoms with Gasteiger partial charge in [0.05, 0.1) is 4.90 Å². The molecular formula is C14H23N3O2S. The maximum atomic E-state index is 12.6. The van der Waals surface area contributed by atoms with Crippen molar-refractivity contribution in [3.63, 3.8) is 0 Å². The number of rotatable bonds is 4. The first kappa shape index (κ1) is 15.3. The fourth-order valence-electron chi connectivity index (χ4n) is 2.71. The summed E-state index contributed by atoms with van der Waals surface area (Å²) in [6.45, 7) is 0. The molecule has 20 heavy (non-hydrogen) atoms. The van der Waals surface area contributed by atoms with Crippen LogP contribution in [-0.4, -0.2) is 25.8 Å². The first-order chi connectivity index (χ1) is 9.55. The number of nitrogen functional groups attached to an aromatic ring is 1. The molecule has 0 bridgehead atoms. The predicted octanol–water partition coefficient (Wildman–Crippen LogP) is 2.32. The van der Waals surface area contributed by atoms with E-state index in [9.17, 15) is 8.42 Å². The summed E-state index contributed by atoms with van der Waals surface area (Å²) >= 11 is 0. The molecule has 1 fully saturated rings. The Morgan fingerprint density at radius 1 is 1.10 bits per heavy atom. The molecular weight excluding hydrogens is 274 g/mol. The number of anilines is 1. The Kier molecular flexibility index (Phi) is 5.01. The van der Waals surface area contributed by atoms with Gasteiger partial charge in [-0.1, -0.05) is 25.7 Å². The summed E-state index contributed by atoms with van der Waals surface area (Å²) in [5.74, 6) is 5.29. The SMILES string of the molecule is CN(C1CCCCCC1)S(=O)(=O)c1ccc(NN)cc1. The number of nitrogens with zero attached hydrogens (tertiary/aromatic N) is 1. The molecule has 1 aliphatic carbocycles. The molecule has 0 atom stereocenters. The van der Waals surface area contributed by atoms with Crippen molar-refractivity contribution in [3.05, 3.63) is 24.3 Å². The van der Waals surface area contributed by atoms with E-state index in [-0.39, 0.29) is 6.04 Å². The maximum absolute atomic E-state index is 12.6. The van der Waals surface area contributed by atoms with Crippen LogP contribution in [0.1, 0.15) is 38.5 Å². The van der Waals surface area contributed by atoms with Gasteiger partial charge in [0.2, 0.25) is 10.0 Å². The first-order valence-electron chi connectivity index (χ1n) is 7.10. The van der Waals surface area contributed by atoms with Gasteiger partial charge in [-0.3, -0.25) is 5.84 Å². The third-order valence-corrected chi connectivity index (χ3v) is 5.96. The molecule has 0 radical (unpaired) electrons. The van der Waals surface area contributed by atoms with E-state index < -0.39 is 10.0 Å². The number of hydrazine groups is 1. The predicted molar refractivity (Wildman–Crippen MR) is 80.7 cm³/mol. The molecule has 0 spiro atoms. The van der Waals surface area contributed by atoms with E-state index in [4.69, 9.17) is 5.84 Å². The summed E-state index contributed by atoms with van der Waals surface area (Å²) in [5.41, 5.74) is 3.19. The molecule has 0 amide bonds. The van der Waals surface area contributed by atoms with E-state index in [0.29, 0.717) is 10.6 Å². The second-order valence-corrected chi connectivity index (χ2v) is 7.33. The number of nitrogens with one attached hydrogen (secondary N) is 1. The lowest BCUT2D eigenvalue weighted by molar-refractivity contribution is 0.336. The van der Waals surface area contributed by atoms with Crippen LogP contribution in [0.25, 0.3) is 0 Å². The van der Waals surface area contributed by atoms with Crippen molar-refractivity contribution in [2.75, 3.05) is 12.5 Å². The monoisotopic (exact) mass is 297 g/mol. The van der Waals surface area contributed by atoms with Gasteiger partial charge in [-0.25, -0.2) is 8.42 Å². The van der Waals surface area contributed by atoms with Crippen molar-refractivity contribution >= 4 is 15.7 Å². The van der Waals surface area contributed by atoms with Crippen LogP contribution >= 0.6 is 0 Å². The molecule has 1 aromatic carbocycles. The van der Waals surface area contributed by atoms with Gasteiger partial charge < -0.3 is 5.43 Å². The van der Waals surface area contributed by atoms with Crippen molar-refractivity contribution in [2.45, 2.75) is 49.5 Å². The molecule has 1 aromatic rings. The van der Waals surface area contributed by atoms with Crippen LogP contribution in [-0.2, 0) is 10.0 Å². The van der Waals surface area contributed by atoms with Crippen LogP contribution in [0.2, 0.25) is 0 Å². The van der Waals surface area contributed by atoms with Crippen LogP contribution in [0.5, 0.6) is 0 Å². The summed E-state index contributed by atoms with van der Waals surface area (Å²) < 4.78 is 26.8. The molecule has 5 nitrogen and oxygen atoms in total. The Bertz CT molecular complexity index is 520. The minimum atomic E-state index is -3.42. The number of hydrogen-bond donors (Lipinski definition) is 2. The molecule has 0 aromatic heterocycles. The third kappa shape index (κ3) is 3.31. The number of sulfonamides is 1. The average molecular weight is 297 g/mol. The Morgan fingerprint density at radius 2 is 1.65 bits per heavy atom. The molecule has 0 heterocycles. The number of nitrogens with two attached hydrogens (primary N) is 1. The summed E-state index contributed by atoms with van der Waals surface area (Å²) in [6.07, 6.45) is 6.56. The van der Waals surface area contributed by atoms with Crippen LogP contribution in [0.15, 0.2) is 29.2 Å². The van der Waals surface area contributed by atoms with Gasteiger partial charge in [0, 0.05) is 18.8 Å². The van der Waals surface area contributed by atoms with Crippen LogP contribution in [0, 0.1) is 0 Å². The fourth-order valence-corrected chi connectivity index (χ4v) is 4.12. The summed E-state index contributed by atoms with van der Waals surface area (Å²) in [4.78, 5) is 0.322. The van der Waals surface area contributed by atoms with Gasteiger partial charge in [0.25, 0.3) is 0 Å². The van der Waals surface area contributed by atoms with Gasteiger partial charge in [0.15, 0.2) is 0 Å². The van der Waals surface area contributed by atoms with Gasteiger partial charge in [-0.05, 0) is 37.1 Å². The largest absolute Gasteiger partial charge is 0.324 e. The highest BCUT2D eigenvalue weighted by atomic mass is 32.2. The number of benzene rings is 1. The second-order valence-electron chi connectivity index (χ2n) is 5.34. The molecule has 0 saturated heterocycles. The molecule has 6 heteroatoms. The van der Waals surface area contributed by atoms with E-state index in [1.807, 2.05) is 0 Å². The highest BCUT2D eigenvalue weighted by Gasteiger charge is 2.28. The van der Waals surface area contributed by atoms with Gasteiger partial charge in [-0.2, -0.15) is 4.31 Å². The highest BCUT2D eigenvalue weighted by Crippen LogP contribution is 2.26. The maximum Gasteiger partial charge on any atom is 0.243 e. The summed E-state index contributed by atoms with van der Waals surface area (Å²) in [6, 6.07) is 6.66. The molecule has 2 rings (SSSR count). The van der Waals surface area contributed by atoms with Gasteiger partial charge in [0.1, 0.15) is 0 Å². The van der Waals surface area contributed by atoms with E-state index in [2.05, 4.69) is 5.43 Å². The third-order valence-electron chi connectivity index (χ3n) is 4.04. The zero-order valence-corrected chi connectivity index (χ0v) is 12.7. The molecule has 1 saturated carbocycles. The Morgan fingerprint density at radius 3 is 2.15 bits per heavy atom. The Labute approximate surface area is 121 Å². The zero-order valence-electron chi connectivity index (χ0n) is 11.9. The lowest BCUT2D eigenvalue weighted by Gasteiger charge is -2.26. The molecule has 3 N–H and O–H groups in total. The fraction of sp³-hybridized carbons (Fsp3) is 0.571. The van der Waals surface area contributed by atoms with E-state index in [0.717, 1.165) is 25.7 Å². The summed E-state index contributed by atoms with van der Waals surface area (Å²) in [7, 11) is -1.72. The minimum absolute atomic E-state index is 0.120. The second kappa shape index (κ2) is 6.56. The minimum Gasteiger partial charge on any atom is -0.324 e. The van der Waals surface area contributed by atoms with Crippen LogP contribution in [0.4, 0.5) is 5.69 Å². The first-order valence-corrected chi connectivity index (χ1v) is 8.54. The standard InChI is InChI=1S/C14H23N3O2S/c1-17(13-6-4-2-3-5-7-13)20(18,19)14-10-8-12(16-15)9-11-14/h8-11,13,16H,2-7,15H2,1H3. The van der Waals surface area contributed by atoms with Crippen LogP contribution < -0.4 is 11.3 Å². The van der Waals surface area contributed by atoms with Crippen molar-refractivity contribution in [1.82, 2.24) is 4.31 Å². The normalized spacial score (nSPS) is 17.9. The lowest BCUT2D eigenvalue weighted by Crippen LogP contribution is -2.36. The Hall–Kier alpha value is -1.11. The van der Waals surface area contributed by atoms with Gasteiger partial charge >= 0.3 is 0 Å². The molecule has 0 aliphatic heterocycles.